The highest BCUT2D eigenvalue weighted by atomic mass is 16.5. The lowest BCUT2D eigenvalue weighted by atomic mass is 10.00. The molecule has 152 valence electrons. The minimum Gasteiger partial charge on any atom is -0.361 e. The quantitative estimate of drug-likeness (QED) is 0.613. The first-order valence-corrected chi connectivity index (χ1v) is 10.3. The zero-order valence-corrected chi connectivity index (χ0v) is 17.6. The number of rotatable bonds is 6. The van der Waals surface area contributed by atoms with E-state index < -0.39 is 0 Å². The van der Waals surface area contributed by atoms with Gasteiger partial charge in [-0.15, -0.1) is 0 Å². The summed E-state index contributed by atoms with van der Waals surface area (Å²) in [7, 11) is 0. The molecule has 2 aromatic rings. The van der Waals surface area contributed by atoms with Crippen LogP contribution in [0.4, 0.5) is 0 Å². The number of aryl methyl sites for hydroxylation is 2. The first kappa shape index (κ1) is 20.4. The minimum absolute atomic E-state index is 0.408. The van der Waals surface area contributed by atoms with Crippen LogP contribution < -0.4 is 5.32 Å². The third-order valence-electron chi connectivity index (χ3n) is 5.20. The van der Waals surface area contributed by atoms with Gasteiger partial charge in [0.1, 0.15) is 5.76 Å². The number of aromatic nitrogens is 1. The van der Waals surface area contributed by atoms with E-state index >= 15 is 0 Å². The number of piperazine rings is 1. The topological polar surface area (TPSA) is 56.9 Å². The van der Waals surface area contributed by atoms with E-state index in [0.717, 1.165) is 63.2 Å². The number of benzene rings is 1. The molecule has 1 unspecified atom stereocenters. The van der Waals surface area contributed by atoms with Gasteiger partial charge >= 0.3 is 0 Å². The van der Waals surface area contributed by atoms with Crippen LogP contribution in [0.15, 0.2) is 39.8 Å². The summed E-state index contributed by atoms with van der Waals surface area (Å²) in [6.07, 6.45) is 0. The average molecular weight is 384 g/mol. The molecule has 0 radical (unpaired) electrons. The SMILES string of the molecule is CCNC(=NCC(C)c1cccc(C)c1)N1CCN(Cc2cc(C)on2)CC1. The molecule has 28 heavy (non-hydrogen) atoms. The zero-order chi connectivity index (χ0) is 19.9. The number of nitrogens with one attached hydrogen (secondary N) is 1. The second-order valence-corrected chi connectivity index (χ2v) is 7.70. The Bertz CT molecular complexity index is 777. The van der Waals surface area contributed by atoms with Crippen LogP contribution in [0.1, 0.15) is 42.3 Å². The largest absolute Gasteiger partial charge is 0.361 e. The zero-order valence-electron chi connectivity index (χ0n) is 17.6. The highest BCUT2D eigenvalue weighted by Gasteiger charge is 2.20. The normalized spacial score (nSPS) is 17.0. The van der Waals surface area contributed by atoms with Gasteiger partial charge in [-0.2, -0.15) is 0 Å². The molecule has 3 rings (SSSR count). The van der Waals surface area contributed by atoms with Crippen molar-refractivity contribution in [3.63, 3.8) is 0 Å². The summed E-state index contributed by atoms with van der Waals surface area (Å²) in [4.78, 5) is 9.74. The van der Waals surface area contributed by atoms with Gasteiger partial charge in [-0.25, -0.2) is 0 Å². The third-order valence-corrected chi connectivity index (χ3v) is 5.20. The molecular weight excluding hydrogens is 350 g/mol. The van der Waals surface area contributed by atoms with Crippen molar-refractivity contribution >= 4 is 5.96 Å². The second kappa shape index (κ2) is 9.73. The predicted octanol–water partition coefficient (Wildman–Crippen LogP) is 3.18. The van der Waals surface area contributed by atoms with Crippen molar-refractivity contribution in [2.75, 3.05) is 39.3 Å². The van der Waals surface area contributed by atoms with Gasteiger partial charge in [0.2, 0.25) is 0 Å². The molecule has 1 saturated heterocycles. The van der Waals surface area contributed by atoms with E-state index in [1.54, 1.807) is 0 Å². The fourth-order valence-corrected chi connectivity index (χ4v) is 3.57. The van der Waals surface area contributed by atoms with Crippen molar-refractivity contribution < 1.29 is 4.52 Å². The molecule has 1 aromatic heterocycles. The van der Waals surface area contributed by atoms with Crippen molar-refractivity contribution in [2.45, 2.75) is 40.2 Å². The van der Waals surface area contributed by atoms with Gasteiger partial charge < -0.3 is 14.7 Å². The molecule has 6 heteroatoms. The Morgan fingerprint density at radius 3 is 2.64 bits per heavy atom. The lowest BCUT2D eigenvalue weighted by Crippen LogP contribution is -2.52. The molecule has 1 fully saturated rings. The first-order valence-electron chi connectivity index (χ1n) is 10.3. The molecule has 0 bridgehead atoms. The van der Waals surface area contributed by atoms with Crippen LogP contribution in [0.2, 0.25) is 0 Å². The van der Waals surface area contributed by atoms with Crippen molar-refractivity contribution in [3.05, 3.63) is 52.9 Å². The smallest absolute Gasteiger partial charge is 0.194 e. The molecule has 1 aliphatic rings. The van der Waals surface area contributed by atoms with Crippen LogP contribution in [0, 0.1) is 13.8 Å². The highest BCUT2D eigenvalue weighted by Crippen LogP contribution is 2.17. The van der Waals surface area contributed by atoms with Crippen molar-refractivity contribution in [2.24, 2.45) is 4.99 Å². The van der Waals surface area contributed by atoms with Crippen molar-refractivity contribution in [3.8, 4) is 0 Å². The van der Waals surface area contributed by atoms with Crippen LogP contribution in [0.3, 0.4) is 0 Å². The second-order valence-electron chi connectivity index (χ2n) is 7.70. The molecule has 1 atom stereocenters. The Kier molecular flexibility index (Phi) is 7.09. The first-order chi connectivity index (χ1) is 13.5. The highest BCUT2D eigenvalue weighted by molar-refractivity contribution is 5.80. The van der Waals surface area contributed by atoms with Gasteiger partial charge in [0.15, 0.2) is 5.96 Å². The van der Waals surface area contributed by atoms with Crippen LogP contribution in [0.25, 0.3) is 0 Å². The van der Waals surface area contributed by atoms with E-state index in [-0.39, 0.29) is 0 Å². The maximum absolute atomic E-state index is 5.18. The van der Waals surface area contributed by atoms with E-state index in [4.69, 9.17) is 9.52 Å². The molecule has 2 heterocycles. The summed E-state index contributed by atoms with van der Waals surface area (Å²) in [5, 5.41) is 7.58. The molecule has 1 aliphatic heterocycles. The van der Waals surface area contributed by atoms with Crippen LogP contribution >= 0.6 is 0 Å². The standard InChI is InChI=1S/C22H33N5O/c1-5-23-22(24-15-18(3)20-8-6-7-17(2)13-20)27-11-9-26(10-12-27)16-21-14-19(4)28-25-21/h6-8,13-14,18H,5,9-12,15-16H2,1-4H3,(H,23,24). The summed E-state index contributed by atoms with van der Waals surface area (Å²) >= 11 is 0. The molecule has 0 amide bonds. The molecule has 0 saturated carbocycles. The monoisotopic (exact) mass is 383 g/mol. The van der Waals surface area contributed by atoms with Crippen LogP contribution in [-0.2, 0) is 6.54 Å². The number of hydrogen-bond acceptors (Lipinski definition) is 4. The Balaban J connectivity index is 1.55. The maximum atomic E-state index is 5.18. The maximum Gasteiger partial charge on any atom is 0.194 e. The molecular formula is C22H33N5O. The number of aliphatic imine (C=N–C) groups is 1. The third kappa shape index (κ3) is 5.58. The summed E-state index contributed by atoms with van der Waals surface area (Å²) < 4.78 is 5.18. The van der Waals surface area contributed by atoms with Crippen LogP contribution in [0.5, 0.6) is 0 Å². The average Bonchev–Trinajstić information content (AvgIpc) is 3.10. The molecule has 1 aromatic carbocycles. The minimum atomic E-state index is 0.408. The summed E-state index contributed by atoms with van der Waals surface area (Å²) in [5.41, 5.74) is 3.67. The van der Waals surface area contributed by atoms with Gasteiger partial charge in [0, 0.05) is 57.8 Å². The summed E-state index contributed by atoms with van der Waals surface area (Å²) in [5.74, 6) is 2.31. The van der Waals surface area contributed by atoms with E-state index in [1.807, 2.05) is 13.0 Å². The molecule has 0 spiro atoms. The number of guanidine groups is 1. The lowest BCUT2D eigenvalue weighted by molar-refractivity contribution is 0.169. The predicted molar refractivity (Wildman–Crippen MR) is 114 cm³/mol. The Labute approximate surface area is 168 Å². The molecule has 1 N–H and O–H groups in total. The fourth-order valence-electron chi connectivity index (χ4n) is 3.57. The Morgan fingerprint density at radius 2 is 2.00 bits per heavy atom. The van der Waals surface area contributed by atoms with E-state index in [0.29, 0.717) is 5.92 Å². The van der Waals surface area contributed by atoms with Gasteiger partial charge in [0.25, 0.3) is 0 Å². The van der Waals surface area contributed by atoms with Gasteiger partial charge in [-0.3, -0.25) is 9.89 Å². The lowest BCUT2D eigenvalue weighted by Gasteiger charge is -2.36. The fraction of sp³-hybridized carbons (Fsp3) is 0.545. The summed E-state index contributed by atoms with van der Waals surface area (Å²) in [6, 6.07) is 10.8. The van der Waals surface area contributed by atoms with Gasteiger partial charge in [-0.1, -0.05) is 41.9 Å². The van der Waals surface area contributed by atoms with Crippen LogP contribution in [-0.4, -0.2) is 60.2 Å². The van der Waals surface area contributed by atoms with E-state index in [1.165, 1.54) is 11.1 Å². The molecule has 6 nitrogen and oxygen atoms in total. The van der Waals surface area contributed by atoms with E-state index in [2.05, 4.69) is 65.3 Å². The number of nitrogens with zero attached hydrogens (tertiary/aromatic N) is 4. The summed E-state index contributed by atoms with van der Waals surface area (Å²) in [6.45, 7) is 14.9. The van der Waals surface area contributed by atoms with Crippen molar-refractivity contribution in [1.82, 2.24) is 20.3 Å². The van der Waals surface area contributed by atoms with Crippen molar-refractivity contribution in [1.29, 1.82) is 0 Å². The van der Waals surface area contributed by atoms with Gasteiger partial charge in [0.05, 0.1) is 5.69 Å². The number of hydrogen-bond donors (Lipinski definition) is 1. The Hall–Kier alpha value is -2.34. The van der Waals surface area contributed by atoms with E-state index in [9.17, 15) is 0 Å². The molecule has 0 aliphatic carbocycles. The Morgan fingerprint density at radius 1 is 1.21 bits per heavy atom. The van der Waals surface area contributed by atoms with Gasteiger partial charge in [-0.05, 0) is 26.3 Å².